The molecule has 0 radical (unpaired) electrons. The second-order valence-electron chi connectivity index (χ2n) is 5.85. The molecular weight excluding hydrogens is 340 g/mol. The zero-order chi connectivity index (χ0) is 18.4. The molecule has 0 aromatic heterocycles. The Labute approximate surface area is 148 Å². The van der Waals surface area contributed by atoms with Gasteiger partial charge in [-0.1, -0.05) is 24.3 Å². The van der Waals surface area contributed by atoms with E-state index >= 15 is 0 Å². The van der Waals surface area contributed by atoms with Crippen molar-refractivity contribution in [3.05, 3.63) is 54.6 Å². The molecular formula is C18H22N2O4S. The highest BCUT2D eigenvalue weighted by atomic mass is 32.2. The van der Waals surface area contributed by atoms with Gasteiger partial charge in [-0.05, 0) is 38.1 Å². The van der Waals surface area contributed by atoms with Gasteiger partial charge in [-0.2, -0.15) is 0 Å². The highest BCUT2D eigenvalue weighted by Gasteiger charge is 2.20. The quantitative estimate of drug-likeness (QED) is 0.822. The van der Waals surface area contributed by atoms with Crippen LogP contribution in [0.5, 0.6) is 5.75 Å². The molecule has 6 nitrogen and oxygen atoms in total. The lowest BCUT2D eigenvalue weighted by atomic mass is 10.3. The van der Waals surface area contributed by atoms with Gasteiger partial charge in [-0.3, -0.25) is 9.10 Å². The standard InChI is InChI=1S/C18H22N2O4S/c1-14(2)24-17-11-7-8-15(12-17)19-18(21)13-20(25(3,22)23)16-9-5-4-6-10-16/h4-12,14H,13H2,1-3H3,(H,19,21). The number of carbonyl (C=O) groups excluding carboxylic acids is 1. The zero-order valence-corrected chi connectivity index (χ0v) is 15.3. The van der Waals surface area contributed by atoms with Gasteiger partial charge in [0.05, 0.1) is 18.0 Å². The summed E-state index contributed by atoms with van der Waals surface area (Å²) in [5.74, 6) is 0.201. The van der Waals surface area contributed by atoms with Gasteiger partial charge in [0.1, 0.15) is 12.3 Å². The molecule has 0 saturated carbocycles. The Morgan fingerprint density at radius 1 is 1.12 bits per heavy atom. The van der Waals surface area contributed by atoms with Crippen LogP contribution in [0.2, 0.25) is 0 Å². The van der Waals surface area contributed by atoms with Crippen LogP contribution in [-0.4, -0.2) is 33.2 Å². The molecule has 25 heavy (non-hydrogen) atoms. The third-order valence-electron chi connectivity index (χ3n) is 3.22. The Kier molecular flexibility index (Phi) is 6.03. The lowest BCUT2D eigenvalue weighted by Crippen LogP contribution is -2.37. The summed E-state index contributed by atoms with van der Waals surface area (Å²) in [7, 11) is -3.58. The average Bonchev–Trinajstić information content (AvgIpc) is 2.52. The van der Waals surface area contributed by atoms with Gasteiger partial charge in [0, 0.05) is 11.8 Å². The fourth-order valence-electron chi connectivity index (χ4n) is 2.24. The Morgan fingerprint density at radius 3 is 2.40 bits per heavy atom. The van der Waals surface area contributed by atoms with Crippen LogP contribution in [0.3, 0.4) is 0 Å². The van der Waals surface area contributed by atoms with E-state index in [4.69, 9.17) is 4.74 Å². The lowest BCUT2D eigenvalue weighted by Gasteiger charge is -2.21. The van der Waals surface area contributed by atoms with Crippen molar-refractivity contribution in [1.82, 2.24) is 0 Å². The number of para-hydroxylation sites is 1. The highest BCUT2D eigenvalue weighted by Crippen LogP contribution is 2.20. The second kappa shape index (κ2) is 8.02. The van der Waals surface area contributed by atoms with Crippen molar-refractivity contribution in [2.75, 3.05) is 22.4 Å². The maximum Gasteiger partial charge on any atom is 0.245 e. The number of nitrogens with zero attached hydrogens (tertiary/aromatic N) is 1. The van der Waals surface area contributed by atoms with Crippen molar-refractivity contribution in [2.24, 2.45) is 0 Å². The maximum absolute atomic E-state index is 12.3. The van der Waals surface area contributed by atoms with Gasteiger partial charge in [-0.25, -0.2) is 8.42 Å². The van der Waals surface area contributed by atoms with Crippen LogP contribution in [0.15, 0.2) is 54.6 Å². The van der Waals surface area contributed by atoms with Gasteiger partial charge in [0.15, 0.2) is 0 Å². The van der Waals surface area contributed by atoms with Crippen molar-refractivity contribution in [3.8, 4) is 5.75 Å². The third-order valence-corrected chi connectivity index (χ3v) is 4.36. The number of rotatable bonds is 7. The first-order valence-electron chi connectivity index (χ1n) is 7.85. The van der Waals surface area contributed by atoms with E-state index in [9.17, 15) is 13.2 Å². The van der Waals surface area contributed by atoms with Crippen LogP contribution in [-0.2, 0) is 14.8 Å². The van der Waals surface area contributed by atoms with E-state index in [1.165, 1.54) is 0 Å². The summed E-state index contributed by atoms with van der Waals surface area (Å²) in [6, 6.07) is 15.5. The minimum absolute atomic E-state index is 0.0183. The molecule has 0 atom stereocenters. The molecule has 0 saturated heterocycles. The zero-order valence-electron chi connectivity index (χ0n) is 14.5. The summed E-state index contributed by atoms with van der Waals surface area (Å²) < 4.78 is 30.7. The number of hydrogen-bond acceptors (Lipinski definition) is 4. The average molecular weight is 362 g/mol. The van der Waals surface area contributed by atoms with Crippen LogP contribution in [0, 0.1) is 0 Å². The van der Waals surface area contributed by atoms with Crippen LogP contribution in [0.1, 0.15) is 13.8 Å². The SMILES string of the molecule is CC(C)Oc1cccc(NC(=O)CN(c2ccccc2)S(C)(=O)=O)c1. The van der Waals surface area contributed by atoms with E-state index in [0.717, 1.165) is 10.6 Å². The minimum atomic E-state index is -3.58. The first-order chi connectivity index (χ1) is 11.8. The number of carbonyl (C=O) groups is 1. The number of sulfonamides is 1. The molecule has 0 aliphatic carbocycles. The molecule has 7 heteroatoms. The summed E-state index contributed by atoms with van der Waals surface area (Å²) in [5.41, 5.74) is 0.988. The smallest absolute Gasteiger partial charge is 0.245 e. The topological polar surface area (TPSA) is 75.7 Å². The number of ether oxygens (including phenoxy) is 1. The van der Waals surface area contributed by atoms with Crippen molar-refractivity contribution in [1.29, 1.82) is 0 Å². The first kappa shape index (κ1) is 18.8. The van der Waals surface area contributed by atoms with E-state index in [0.29, 0.717) is 17.1 Å². The van der Waals surface area contributed by atoms with Gasteiger partial charge in [-0.15, -0.1) is 0 Å². The molecule has 1 N–H and O–H groups in total. The molecule has 0 spiro atoms. The fourth-order valence-corrected chi connectivity index (χ4v) is 3.10. The molecule has 0 unspecified atom stereocenters. The predicted molar refractivity (Wildman–Crippen MR) is 99.5 cm³/mol. The summed E-state index contributed by atoms with van der Waals surface area (Å²) in [6.45, 7) is 3.52. The van der Waals surface area contributed by atoms with Gasteiger partial charge in [0.2, 0.25) is 15.9 Å². The Hall–Kier alpha value is -2.54. The van der Waals surface area contributed by atoms with Crippen molar-refractivity contribution < 1.29 is 17.9 Å². The molecule has 0 heterocycles. The lowest BCUT2D eigenvalue weighted by molar-refractivity contribution is -0.114. The number of amides is 1. The molecule has 0 bridgehead atoms. The number of hydrogen-bond donors (Lipinski definition) is 1. The number of benzene rings is 2. The third kappa shape index (κ3) is 5.79. The Bertz CT molecular complexity index is 820. The molecule has 0 aliphatic rings. The monoisotopic (exact) mass is 362 g/mol. The van der Waals surface area contributed by atoms with Crippen molar-refractivity contribution in [2.45, 2.75) is 20.0 Å². The van der Waals surface area contributed by atoms with Crippen molar-refractivity contribution >= 4 is 27.3 Å². The molecule has 2 rings (SSSR count). The van der Waals surface area contributed by atoms with E-state index < -0.39 is 15.9 Å². The van der Waals surface area contributed by atoms with E-state index in [1.54, 1.807) is 54.6 Å². The van der Waals surface area contributed by atoms with Gasteiger partial charge < -0.3 is 10.1 Å². The first-order valence-corrected chi connectivity index (χ1v) is 9.70. The largest absolute Gasteiger partial charge is 0.491 e. The summed E-state index contributed by atoms with van der Waals surface area (Å²) >= 11 is 0. The predicted octanol–water partition coefficient (Wildman–Crippen LogP) is 2.88. The normalized spacial score (nSPS) is 11.2. The molecule has 1 amide bonds. The summed E-state index contributed by atoms with van der Waals surface area (Å²) in [5, 5.41) is 2.70. The van der Waals surface area contributed by atoms with E-state index in [2.05, 4.69) is 5.32 Å². The minimum Gasteiger partial charge on any atom is -0.491 e. The number of anilines is 2. The van der Waals surface area contributed by atoms with E-state index in [1.807, 2.05) is 13.8 Å². The summed E-state index contributed by atoms with van der Waals surface area (Å²) in [4.78, 5) is 12.3. The molecule has 0 fully saturated rings. The molecule has 2 aromatic carbocycles. The second-order valence-corrected chi connectivity index (χ2v) is 7.75. The highest BCUT2D eigenvalue weighted by molar-refractivity contribution is 7.92. The fraction of sp³-hybridized carbons (Fsp3) is 0.278. The summed E-state index contributed by atoms with van der Waals surface area (Å²) in [6.07, 6.45) is 1.09. The van der Waals surface area contributed by atoms with Crippen molar-refractivity contribution in [3.63, 3.8) is 0 Å². The Morgan fingerprint density at radius 2 is 1.80 bits per heavy atom. The van der Waals surface area contributed by atoms with Crippen LogP contribution < -0.4 is 14.4 Å². The van der Waals surface area contributed by atoms with Crippen LogP contribution >= 0.6 is 0 Å². The molecule has 0 aliphatic heterocycles. The van der Waals surface area contributed by atoms with E-state index in [-0.39, 0.29) is 12.6 Å². The van der Waals surface area contributed by atoms with Gasteiger partial charge in [0.25, 0.3) is 0 Å². The number of nitrogens with one attached hydrogen (secondary N) is 1. The maximum atomic E-state index is 12.3. The van der Waals surface area contributed by atoms with Crippen LogP contribution in [0.4, 0.5) is 11.4 Å². The van der Waals surface area contributed by atoms with Gasteiger partial charge >= 0.3 is 0 Å². The Balaban J connectivity index is 2.12. The van der Waals surface area contributed by atoms with Crippen LogP contribution in [0.25, 0.3) is 0 Å². The molecule has 2 aromatic rings. The molecule has 134 valence electrons.